The zero-order valence-electron chi connectivity index (χ0n) is 13.9. The SMILES string of the molecule is CC[C@H](O)CN1CCN(C(=O)CCOc2ccc(F)cc2F)CC1. The minimum absolute atomic E-state index is 0.0480. The van der Waals surface area contributed by atoms with Crippen LogP contribution in [0.2, 0.25) is 0 Å². The standard InChI is InChI=1S/C17H24F2N2O3/c1-2-14(22)12-20-6-8-21(9-7-20)17(23)5-10-24-16-4-3-13(18)11-15(16)19/h3-4,11,14,22H,2,5-10,12H2,1H3/t14-/m0/s1. The van der Waals surface area contributed by atoms with Crippen LogP contribution in [0.25, 0.3) is 0 Å². The maximum absolute atomic E-state index is 13.4. The number of carbonyl (C=O) groups is 1. The van der Waals surface area contributed by atoms with E-state index < -0.39 is 11.6 Å². The zero-order valence-corrected chi connectivity index (χ0v) is 13.9. The summed E-state index contributed by atoms with van der Waals surface area (Å²) in [5.41, 5.74) is 0. The second-order valence-corrected chi connectivity index (χ2v) is 5.92. The third kappa shape index (κ3) is 5.42. The van der Waals surface area contributed by atoms with E-state index in [0.29, 0.717) is 19.6 Å². The van der Waals surface area contributed by atoms with Crippen LogP contribution in [0.4, 0.5) is 8.78 Å². The van der Waals surface area contributed by atoms with Gasteiger partial charge in [-0.2, -0.15) is 0 Å². The molecule has 0 bridgehead atoms. The number of halogens is 2. The number of aliphatic hydroxyl groups is 1. The number of hydrogen-bond donors (Lipinski definition) is 1. The molecule has 1 aliphatic heterocycles. The van der Waals surface area contributed by atoms with Gasteiger partial charge in [-0.05, 0) is 18.6 Å². The third-order valence-corrected chi connectivity index (χ3v) is 4.13. The van der Waals surface area contributed by atoms with Crippen molar-refractivity contribution in [3.8, 4) is 5.75 Å². The van der Waals surface area contributed by atoms with Crippen LogP contribution in [0.5, 0.6) is 5.75 Å². The van der Waals surface area contributed by atoms with E-state index in [1.807, 2.05) is 6.92 Å². The topological polar surface area (TPSA) is 53.0 Å². The quantitative estimate of drug-likeness (QED) is 0.819. The number of carbonyl (C=O) groups excluding carboxylic acids is 1. The number of β-amino-alcohol motifs (C(OH)–C–C–N with tert-alkyl or cyclic N) is 1. The van der Waals surface area contributed by atoms with E-state index in [2.05, 4.69) is 4.90 Å². The van der Waals surface area contributed by atoms with Crippen LogP contribution >= 0.6 is 0 Å². The van der Waals surface area contributed by atoms with Crippen molar-refractivity contribution < 1.29 is 23.4 Å². The molecule has 0 aliphatic carbocycles. The van der Waals surface area contributed by atoms with Gasteiger partial charge in [0.15, 0.2) is 11.6 Å². The fourth-order valence-corrected chi connectivity index (χ4v) is 2.61. The number of rotatable bonds is 7. The van der Waals surface area contributed by atoms with Gasteiger partial charge in [-0.3, -0.25) is 9.69 Å². The van der Waals surface area contributed by atoms with Crippen molar-refractivity contribution in [1.82, 2.24) is 9.80 Å². The average Bonchev–Trinajstić information content (AvgIpc) is 2.57. The van der Waals surface area contributed by atoms with E-state index in [0.717, 1.165) is 31.6 Å². The highest BCUT2D eigenvalue weighted by Gasteiger charge is 2.22. The molecule has 0 radical (unpaired) electrons. The highest BCUT2D eigenvalue weighted by atomic mass is 19.1. The Morgan fingerprint density at radius 3 is 2.62 bits per heavy atom. The Morgan fingerprint density at radius 2 is 2.00 bits per heavy atom. The normalized spacial score (nSPS) is 16.9. The molecule has 0 spiro atoms. The Kier molecular flexibility index (Phi) is 6.93. The van der Waals surface area contributed by atoms with Crippen LogP contribution in [0, 0.1) is 11.6 Å². The van der Waals surface area contributed by atoms with Gasteiger partial charge in [0.25, 0.3) is 0 Å². The minimum Gasteiger partial charge on any atom is -0.490 e. The summed E-state index contributed by atoms with van der Waals surface area (Å²) >= 11 is 0. The van der Waals surface area contributed by atoms with Crippen LogP contribution in [0.15, 0.2) is 18.2 Å². The van der Waals surface area contributed by atoms with Gasteiger partial charge in [-0.1, -0.05) is 6.92 Å². The van der Waals surface area contributed by atoms with Crippen molar-refractivity contribution >= 4 is 5.91 Å². The molecule has 1 N–H and O–H groups in total. The van der Waals surface area contributed by atoms with Crippen LogP contribution in [-0.2, 0) is 4.79 Å². The first kappa shape index (κ1) is 18.6. The number of aliphatic hydroxyl groups excluding tert-OH is 1. The van der Waals surface area contributed by atoms with Gasteiger partial charge in [0.2, 0.25) is 5.91 Å². The summed E-state index contributed by atoms with van der Waals surface area (Å²) in [4.78, 5) is 16.0. The molecular formula is C17H24F2N2O3. The predicted octanol–water partition coefficient (Wildman–Crippen LogP) is 1.65. The number of ether oxygens (including phenoxy) is 1. The largest absolute Gasteiger partial charge is 0.490 e. The summed E-state index contributed by atoms with van der Waals surface area (Å²) in [5, 5.41) is 9.66. The summed E-state index contributed by atoms with van der Waals surface area (Å²) in [6.45, 7) is 5.31. The van der Waals surface area contributed by atoms with Crippen molar-refractivity contribution in [2.75, 3.05) is 39.3 Å². The monoisotopic (exact) mass is 342 g/mol. The van der Waals surface area contributed by atoms with Gasteiger partial charge in [0, 0.05) is 38.8 Å². The maximum atomic E-state index is 13.4. The number of benzene rings is 1. The second-order valence-electron chi connectivity index (χ2n) is 5.92. The molecule has 0 saturated carbocycles. The first-order chi connectivity index (χ1) is 11.5. The van der Waals surface area contributed by atoms with Gasteiger partial charge in [-0.25, -0.2) is 8.78 Å². The van der Waals surface area contributed by atoms with Crippen LogP contribution in [-0.4, -0.2) is 66.2 Å². The molecule has 1 aromatic rings. The molecule has 2 rings (SSSR count). The van der Waals surface area contributed by atoms with E-state index in [1.54, 1.807) is 4.90 Å². The van der Waals surface area contributed by atoms with Crippen molar-refractivity contribution in [3.05, 3.63) is 29.8 Å². The predicted molar refractivity (Wildman–Crippen MR) is 85.8 cm³/mol. The Hall–Kier alpha value is -1.73. The van der Waals surface area contributed by atoms with E-state index >= 15 is 0 Å². The highest BCUT2D eigenvalue weighted by Crippen LogP contribution is 2.17. The van der Waals surface area contributed by atoms with Crippen molar-refractivity contribution in [2.24, 2.45) is 0 Å². The Morgan fingerprint density at radius 1 is 1.29 bits per heavy atom. The molecule has 1 aromatic carbocycles. The molecule has 5 nitrogen and oxygen atoms in total. The fourth-order valence-electron chi connectivity index (χ4n) is 2.61. The Bertz CT molecular complexity index is 549. The van der Waals surface area contributed by atoms with Gasteiger partial charge >= 0.3 is 0 Å². The molecule has 1 heterocycles. The lowest BCUT2D eigenvalue weighted by Crippen LogP contribution is -2.50. The summed E-state index contributed by atoms with van der Waals surface area (Å²) in [5.74, 6) is -1.54. The van der Waals surface area contributed by atoms with Gasteiger partial charge in [0.1, 0.15) is 5.82 Å². The average molecular weight is 342 g/mol. The lowest BCUT2D eigenvalue weighted by Gasteiger charge is -2.35. The molecule has 1 amide bonds. The summed E-state index contributed by atoms with van der Waals surface area (Å²) in [7, 11) is 0. The van der Waals surface area contributed by atoms with Crippen LogP contribution in [0.3, 0.4) is 0 Å². The second kappa shape index (κ2) is 8.94. The molecule has 0 unspecified atom stereocenters. The van der Waals surface area contributed by atoms with Crippen LogP contribution in [0.1, 0.15) is 19.8 Å². The van der Waals surface area contributed by atoms with Crippen molar-refractivity contribution in [1.29, 1.82) is 0 Å². The van der Waals surface area contributed by atoms with Crippen molar-refractivity contribution in [2.45, 2.75) is 25.9 Å². The number of hydrogen-bond acceptors (Lipinski definition) is 4. The van der Waals surface area contributed by atoms with Crippen molar-refractivity contribution in [3.63, 3.8) is 0 Å². The number of amides is 1. The third-order valence-electron chi connectivity index (χ3n) is 4.13. The first-order valence-electron chi connectivity index (χ1n) is 8.25. The summed E-state index contributed by atoms with van der Waals surface area (Å²) in [6, 6.07) is 3.08. The Labute approximate surface area is 140 Å². The molecule has 1 atom stereocenters. The zero-order chi connectivity index (χ0) is 17.5. The van der Waals surface area contributed by atoms with Crippen LogP contribution < -0.4 is 4.74 Å². The molecule has 1 fully saturated rings. The molecule has 134 valence electrons. The number of nitrogens with zero attached hydrogens (tertiary/aromatic N) is 2. The minimum atomic E-state index is -0.773. The van der Waals surface area contributed by atoms with E-state index in [4.69, 9.17) is 4.74 Å². The lowest BCUT2D eigenvalue weighted by atomic mass is 10.2. The molecule has 24 heavy (non-hydrogen) atoms. The molecule has 1 aliphatic rings. The smallest absolute Gasteiger partial charge is 0.226 e. The summed E-state index contributed by atoms with van der Waals surface area (Å²) in [6.07, 6.45) is 0.538. The lowest BCUT2D eigenvalue weighted by molar-refractivity contribution is -0.133. The molecular weight excluding hydrogens is 318 g/mol. The molecule has 7 heteroatoms. The summed E-state index contributed by atoms with van der Waals surface area (Å²) < 4.78 is 31.4. The molecule has 1 saturated heterocycles. The van der Waals surface area contributed by atoms with Gasteiger partial charge in [0.05, 0.1) is 19.1 Å². The maximum Gasteiger partial charge on any atom is 0.226 e. The first-order valence-corrected chi connectivity index (χ1v) is 8.25. The number of piperazine rings is 1. The fraction of sp³-hybridized carbons (Fsp3) is 0.588. The van der Waals surface area contributed by atoms with E-state index in [-0.39, 0.29) is 30.8 Å². The van der Waals surface area contributed by atoms with Gasteiger partial charge < -0.3 is 14.7 Å². The van der Waals surface area contributed by atoms with E-state index in [9.17, 15) is 18.7 Å². The highest BCUT2D eigenvalue weighted by molar-refractivity contribution is 5.76. The van der Waals surface area contributed by atoms with Gasteiger partial charge in [-0.15, -0.1) is 0 Å². The van der Waals surface area contributed by atoms with E-state index in [1.165, 1.54) is 6.07 Å². The Balaban J connectivity index is 1.70. The molecule has 0 aromatic heterocycles.